The molecule has 2 fully saturated rings. The number of hydrogen-bond donors (Lipinski definition) is 2. The van der Waals surface area contributed by atoms with Gasteiger partial charge in [-0.2, -0.15) is 0 Å². The first kappa shape index (κ1) is 13.8. The van der Waals surface area contributed by atoms with Gasteiger partial charge in [-0.25, -0.2) is 4.79 Å². The summed E-state index contributed by atoms with van der Waals surface area (Å²) in [6, 6.07) is 0.546. The molecule has 0 bridgehead atoms. The van der Waals surface area contributed by atoms with Crippen molar-refractivity contribution in [3.63, 3.8) is 0 Å². The molecule has 2 heterocycles. The summed E-state index contributed by atoms with van der Waals surface area (Å²) in [5.74, 6) is -0.837. The molecule has 0 amide bonds. The van der Waals surface area contributed by atoms with Gasteiger partial charge in [0.25, 0.3) is 0 Å². The van der Waals surface area contributed by atoms with Gasteiger partial charge in [0.05, 0.1) is 6.10 Å². The zero-order chi connectivity index (χ0) is 13.0. The first-order valence-electron chi connectivity index (χ1n) is 6.94. The third kappa shape index (κ3) is 3.43. The molecule has 2 rings (SSSR count). The fourth-order valence-electron chi connectivity index (χ4n) is 3.07. The van der Waals surface area contributed by atoms with E-state index in [9.17, 15) is 4.79 Å². The molecule has 2 saturated heterocycles. The molecule has 104 valence electrons. The molecule has 5 heteroatoms. The van der Waals surface area contributed by atoms with E-state index in [1.54, 1.807) is 0 Å². The summed E-state index contributed by atoms with van der Waals surface area (Å²) in [6.45, 7) is 2.18. The van der Waals surface area contributed by atoms with E-state index in [-0.39, 0.29) is 12.7 Å². The van der Waals surface area contributed by atoms with Gasteiger partial charge >= 0.3 is 5.97 Å². The Hall–Kier alpha value is -0.650. The molecule has 2 N–H and O–H groups in total. The highest BCUT2D eigenvalue weighted by Crippen LogP contribution is 2.26. The molecule has 2 aliphatic rings. The monoisotopic (exact) mass is 257 g/mol. The van der Waals surface area contributed by atoms with E-state index in [2.05, 4.69) is 4.90 Å². The average Bonchev–Trinajstić information content (AvgIpc) is 2.96. The van der Waals surface area contributed by atoms with E-state index in [1.807, 2.05) is 0 Å². The lowest BCUT2D eigenvalue weighted by molar-refractivity contribution is -0.149. The number of aliphatic carboxylic acids is 1. The van der Waals surface area contributed by atoms with E-state index < -0.39 is 12.1 Å². The third-order valence-electron chi connectivity index (χ3n) is 4.02. The van der Waals surface area contributed by atoms with Gasteiger partial charge in [-0.3, -0.25) is 4.90 Å². The molecule has 2 aliphatic heterocycles. The van der Waals surface area contributed by atoms with Gasteiger partial charge in [0.1, 0.15) is 0 Å². The van der Waals surface area contributed by atoms with Gasteiger partial charge in [0.2, 0.25) is 0 Å². The topological polar surface area (TPSA) is 70.0 Å². The van der Waals surface area contributed by atoms with Gasteiger partial charge in [0.15, 0.2) is 6.10 Å². The average molecular weight is 257 g/mol. The van der Waals surface area contributed by atoms with Crippen LogP contribution in [0.3, 0.4) is 0 Å². The van der Waals surface area contributed by atoms with Crippen molar-refractivity contribution in [2.24, 2.45) is 0 Å². The largest absolute Gasteiger partial charge is 0.479 e. The van der Waals surface area contributed by atoms with Crippen molar-refractivity contribution < 1.29 is 19.7 Å². The number of rotatable bonds is 6. The van der Waals surface area contributed by atoms with Crippen LogP contribution in [0, 0.1) is 0 Å². The van der Waals surface area contributed by atoms with Crippen molar-refractivity contribution >= 4 is 5.97 Å². The maximum absolute atomic E-state index is 10.8. The molecule has 0 aromatic carbocycles. The Morgan fingerprint density at radius 3 is 2.83 bits per heavy atom. The predicted molar refractivity (Wildman–Crippen MR) is 66.4 cm³/mol. The summed E-state index contributed by atoms with van der Waals surface area (Å²) in [6.07, 6.45) is 5.22. The number of carbonyl (C=O) groups is 1. The Morgan fingerprint density at radius 1 is 1.33 bits per heavy atom. The summed E-state index contributed by atoms with van der Waals surface area (Å²) in [7, 11) is 0. The molecule has 0 aromatic rings. The summed E-state index contributed by atoms with van der Waals surface area (Å²) < 4.78 is 5.55. The van der Waals surface area contributed by atoms with Crippen molar-refractivity contribution in [1.82, 2.24) is 4.90 Å². The lowest BCUT2D eigenvalue weighted by atomic mass is 10.1. The van der Waals surface area contributed by atoms with Crippen LogP contribution in [0.5, 0.6) is 0 Å². The Labute approximate surface area is 108 Å². The number of aliphatic hydroxyl groups is 1. The van der Waals surface area contributed by atoms with Crippen LogP contribution < -0.4 is 0 Å². The first-order valence-corrected chi connectivity index (χ1v) is 6.94. The minimum absolute atomic E-state index is 0.0702. The summed E-state index contributed by atoms with van der Waals surface area (Å²) in [5, 5.41) is 17.8. The normalized spacial score (nSPS) is 33.1. The molecule has 0 spiro atoms. The number of carboxylic acid groups (broad SMARTS) is 1. The molecule has 0 radical (unpaired) electrons. The molecule has 5 nitrogen and oxygen atoms in total. The molecule has 0 saturated carbocycles. The Morgan fingerprint density at radius 2 is 2.17 bits per heavy atom. The minimum atomic E-state index is -0.837. The fraction of sp³-hybridized carbons (Fsp3) is 0.923. The third-order valence-corrected chi connectivity index (χ3v) is 4.02. The summed E-state index contributed by atoms with van der Waals surface area (Å²) >= 11 is 0. The van der Waals surface area contributed by atoms with E-state index in [1.165, 1.54) is 12.8 Å². The smallest absolute Gasteiger partial charge is 0.332 e. The van der Waals surface area contributed by atoms with Gasteiger partial charge in [0, 0.05) is 19.2 Å². The first-order chi connectivity index (χ1) is 8.70. The fourth-order valence-corrected chi connectivity index (χ4v) is 3.07. The van der Waals surface area contributed by atoms with Gasteiger partial charge in [-0.15, -0.1) is 0 Å². The maximum atomic E-state index is 10.8. The van der Waals surface area contributed by atoms with Crippen LogP contribution in [0.4, 0.5) is 0 Å². The Balaban J connectivity index is 1.77. The number of ether oxygens (including phenoxy) is 1. The van der Waals surface area contributed by atoms with Crippen molar-refractivity contribution in [1.29, 1.82) is 0 Å². The zero-order valence-corrected chi connectivity index (χ0v) is 10.8. The highest BCUT2D eigenvalue weighted by molar-refractivity contribution is 5.72. The van der Waals surface area contributed by atoms with Crippen molar-refractivity contribution in [3.8, 4) is 0 Å². The number of likely N-dealkylation sites (tertiary alicyclic amines) is 1. The van der Waals surface area contributed by atoms with Crippen LogP contribution in [0.1, 0.15) is 38.5 Å². The van der Waals surface area contributed by atoms with E-state index >= 15 is 0 Å². The molecular weight excluding hydrogens is 234 g/mol. The number of aliphatic hydroxyl groups excluding tert-OH is 1. The van der Waals surface area contributed by atoms with E-state index in [4.69, 9.17) is 14.9 Å². The Kier molecular flexibility index (Phi) is 4.97. The highest BCUT2D eigenvalue weighted by atomic mass is 16.5. The van der Waals surface area contributed by atoms with Gasteiger partial charge in [-0.1, -0.05) is 0 Å². The second-order valence-corrected chi connectivity index (χ2v) is 5.32. The summed E-state index contributed by atoms with van der Waals surface area (Å²) in [5.41, 5.74) is 0. The molecule has 3 unspecified atom stereocenters. The molecule has 18 heavy (non-hydrogen) atoms. The zero-order valence-electron chi connectivity index (χ0n) is 10.8. The van der Waals surface area contributed by atoms with Gasteiger partial charge in [-0.05, 0) is 45.1 Å². The van der Waals surface area contributed by atoms with Crippen LogP contribution >= 0.6 is 0 Å². The van der Waals surface area contributed by atoms with Crippen molar-refractivity contribution in [2.45, 2.75) is 56.8 Å². The van der Waals surface area contributed by atoms with E-state index in [0.29, 0.717) is 12.5 Å². The van der Waals surface area contributed by atoms with E-state index in [0.717, 1.165) is 32.4 Å². The van der Waals surface area contributed by atoms with Crippen LogP contribution in [-0.4, -0.2) is 59.0 Å². The lowest BCUT2D eigenvalue weighted by Crippen LogP contribution is -2.37. The van der Waals surface area contributed by atoms with Crippen LogP contribution in [-0.2, 0) is 9.53 Å². The molecular formula is C13H23NO4. The SMILES string of the molecule is O=C(O)C1CCC(CN2CCCC2CCCO)O1. The summed E-state index contributed by atoms with van der Waals surface area (Å²) in [4.78, 5) is 13.2. The van der Waals surface area contributed by atoms with Gasteiger partial charge < -0.3 is 14.9 Å². The molecule has 0 aliphatic carbocycles. The van der Waals surface area contributed by atoms with Crippen molar-refractivity contribution in [2.75, 3.05) is 19.7 Å². The second-order valence-electron chi connectivity index (χ2n) is 5.32. The second kappa shape index (κ2) is 6.50. The standard InChI is InChI=1S/C13H23NO4/c15-8-2-4-10-3-1-7-14(10)9-11-5-6-12(18-11)13(16)17/h10-12,15H,1-9H2,(H,16,17). The van der Waals surface area contributed by atoms with Crippen molar-refractivity contribution in [3.05, 3.63) is 0 Å². The number of hydrogen-bond acceptors (Lipinski definition) is 4. The maximum Gasteiger partial charge on any atom is 0.332 e. The van der Waals surface area contributed by atoms with Crippen LogP contribution in [0.25, 0.3) is 0 Å². The number of carboxylic acids is 1. The van der Waals surface area contributed by atoms with Crippen LogP contribution in [0.2, 0.25) is 0 Å². The van der Waals surface area contributed by atoms with Crippen LogP contribution in [0.15, 0.2) is 0 Å². The number of nitrogens with zero attached hydrogens (tertiary/aromatic N) is 1. The molecule has 3 atom stereocenters. The quantitative estimate of drug-likeness (QED) is 0.738. The lowest BCUT2D eigenvalue weighted by Gasteiger charge is -2.27. The predicted octanol–water partition coefficient (Wildman–Crippen LogP) is 0.855. The minimum Gasteiger partial charge on any atom is -0.479 e. The molecule has 0 aromatic heterocycles. The Bertz CT molecular complexity index is 284. The highest BCUT2D eigenvalue weighted by Gasteiger charge is 2.33.